The molecule has 3 nitrogen and oxygen atoms in total. The molecule has 0 saturated carbocycles. The summed E-state index contributed by atoms with van der Waals surface area (Å²) in [5.41, 5.74) is 2.85. The third-order valence-corrected chi connectivity index (χ3v) is 4.44. The van der Waals surface area contributed by atoms with Gasteiger partial charge in [0, 0.05) is 56.4 Å². The molecule has 2 heterocycles. The van der Waals surface area contributed by atoms with Crippen molar-refractivity contribution in [1.29, 1.82) is 0 Å². The maximum atomic E-state index is 3.46. The normalized spacial score (nSPS) is 16.8. The van der Waals surface area contributed by atoms with Crippen molar-refractivity contribution in [1.82, 2.24) is 14.8 Å². The van der Waals surface area contributed by atoms with Gasteiger partial charge < -0.3 is 9.88 Å². The van der Waals surface area contributed by atoms with Gasteiger partial charge in [-0.3, -0.25) is 4.90 Å². The highest BCUT2D eigenvalue weighted by atomic mass is 35.5. The topological polar surface area (TPSA) is 20.2 Å². The first-order chi connectivity index (χ1) is 9.81. The van der Waals surface area contributed by atoms with Crippen LogP contribution in [0.3, 0.4) is 0 Å². The van der Waals surface area contributed by atoms with Gasteiger partial charge in [-0.25, -0.2) is 0 Å². The number of nitrogens with one attached hydrogen (secondary N) is 1. The molecule has 3 rings (SSSR count). The Morgan fingerprint density at radius 2 is 1.82 bits per heavy atom. The highest BCUT2D eigenvalue weighted by molar-refractivity contribution is 5.86. The lowest BCUT2D eigenvalue weighted by Crippen LogP contribution is -2.45. The Morgan fingerprint density at radius 3 is 2.50 bits per heavy atom. The summed E-state index contributed by atoms with van der Waals surface area (Å²) in [5, 5.41) is 4.88. The Bertz CT molecular complexity index is 576. The van der Waals surface area contributed by atoms with Gasteiger partial charge in [-0.2, -0.15) is 0 Å². The minimum atomic E-state index is 0. The van der Waals surface area contributed by atoms with Crippen LogP contribution in [-0.4, -0.2) is 35.6 Å². The van der Waals surface area contributed by atoms with E-state index >= 15 is 0 Å². The number of aromatic nitrogens is 1. The molecule has 22 heavy (non-hydrogen) atoms. The molecule has 0 amide bonds. The summed E-state index contributed by atoms with van der Waals surface area (Å²) in [6.07, 6.45) is 4.82. The predicted octanol–water partition coefficient (Wildman–Crippen LogP) is 3.77. The Balaban J connectivity index is 0.00000121. The fourth-order valence-electron chi connectivity index (χ4n) is 3.44. The number of para-hydroxylation sites is 1. The Hall–Kier alpha value is -0.740. The van der Waals surface area contributed by atoms with E-state index in [0.29, 0.717) is 6.04 Å². The summed E-state index contributed by atoms with van der Waals surface area (Å²) in [6, 6.07) is 9.35. The fourth-order valence-corrected chi connectivity index (χ4v) is 3.44. The maximum Gasteiger partial charge on any atom is 0.0481 e. The van der Waals surface area contributed by atoms with E-state index in [0.717, 1.165) is 26.2 Å². The summed E-state index contributed by atoms with van der Waals surface area (Å²) in [5.74, 6) is 0. The zero-order chi connectivity index (χ0) is 13.9. The Kier molecular flexibility index (Phi) is 7.70. The molecule has 124 valence electrons. The lowest BCUT2D eigenvalue weighted by Gasteiger charge is -2.35. The van der Waals surface area contributed by atoms with Gasteiger partial charge >= 0.3 is 0 Å². The molecule has 1 atom stereocenters. The zero-order valence-corrected chi connectivity index (χ0v) is 15.1. The number of nitrogens with zero attached hydrogens (tertiary/aromatic N) is 2. The second kappa shape index (κ2) is 8.78. The highest BCUT2D eigenvalue weighted by Gasteiger charge is 2.24. The van der Waals surface area contributed by atoms with E-state index in [4.69, 9.17) is 0 Å². The molecule has 2 aromatic rings. The minimum Gasteiger partial charge on any atom is -0.350 e. The van der Waals surface area contributed by atoms with Gasteiger partial charge in [-0.05, 0) is 18.1 Å². The summed E-state index contributed by atoms with van der Waals surface area (Å²) in [6.45, 7) is 6.85. The average Bonchev–Trinajstić information content (AvgIpc) is 2.83. The van der Waals surface area contributed by atoms with Crippen LogP contribution in [0.2, 0.25) is 0 Å². The SMILES string of the molecule is CCC[C@H](c1cn(C)c2ccccc12)N1CCNCC1.Cl.Cl. The highest BCUT2D eigenvalue weighted by Crippen LogP contribution is 2.32. The van der Waals surface area contributed by atoms with Crippen molar-refractivity contribution < 1.29 is 0 Å². The van der Waals surface area contributed by atoms with Crippen LogP contribution in [0.1, 0.15) is 31.4 Å². The number of piperazine rings is 1. The molecule has 0 aliphatic carbocycles. The van der Waals surface area contributed by atoms with E-state index in [-0.39, 0.29) is 24.8 Å². The van der Waals surface area contributed by atoms with Crippen molar-refractivity contribution in [2.75, 3.05) is 26.2 Å². The van der Waals surface area contributed by atoms with Crippen molar-refractivity contribution in [2.45, 2.75) is 25.8 Å². The standard InChI is InChI=1S/C17H25N3.2ClH/c1-3-6-17(20-11-9-18-10-12-20)15-13-19(2)16-8-5-4-7-14(15)16;;/h4-5,7-8,13,17-18H,3,6,9-12H2,1-2H3;2*1H/t17-;;/m1../s1. The van der Waals surface area contributed by atoms with Crippen LogP contribution in [-0.2, 0) is 7.05 Å². The first-order valence-electron chi connectivity index (χ1n) is 7.80. The number of hydrogen-bond donors (Lipinski definition) is 1. The molecular formula is C17H27Cl2N3. The molecule has 1 aromatic carbocycles. The quantitative estimate of drug-likeness (QED) is 0.911. The smallest absolute Gasteiger partial charge is 0.0481 e. The third-order valence-electron chi connectivity index (χ3n) is 4.44. The van der Waals surface area contributed by atoms with E-state index < -0.39 is 0 Å². The largest absolute Gasteiger partial charge is 0.350 e. The van der Waals surface area contributed by atoms with E-state index in [1.807, 2.05) is 0 Å². The fraction of sp³-hybridized carbons (Fsp3) is 0.529. The first kappa shape index (κ1) is 19.3. The average molecular weight is 344 g/mol. The summed E-state index contributed by atoms with van der Waals surface area (Å²) in [7, 11) is 2.16. The summed E-state index contributed by atoms with van der Waals surface area (Å²) < 4.78 is 2.27. The molecule has 1 aliphatic heterocycles. The van der Waals surface area contributed by atoms with Gasteiger partial charge in [0.1, 0.15) is 0 Å². The number of aryl methyl sites for hydroxylation is 1. The number of hydrogen-bond acceptors (Lipinski definition) is 2. The second-order valence-electron chi connectivity index (χ2n) is 5.80. The van der Waals surface area contributed by atoms with Gasteiger partial charge in [0.15, 0.2) is 0 Å². The molecule has 1 saturated heterocycles. The molecule has 0 bridgehead atoms. The molecule has 1 N–H and O–H groups in total. The van der Waals surface area contributed by atoms with Gasteiger partial charge in [-0.15, -0.1) is 24.8 Å². The molecule has 0 spiro atoms. The predicted molar refractivity (Wildman–Crippen MR) is 99.5 cm³/mol. The van der Waals surface area contributed by atoms with Crippen LogP contribution in [0.15, 0.2) is 30.5 Å². The van der Waals surface area contributed by atoms with Crippen LogP contribution in [0.5, 0.6) is 0 Å². The van der Waals surface area contributed by atoms with E-state index in [1.54, 1.807) is 0 Å². The van der Waals surface area contributed by atoms with Crippen molar-refractivity contribution >= 4 is 35.7 Å². The minimum absolute atomic E-state index is 0. The van der Waals surface area contributed by atoms with Gasteiger partial charge in [0.25, 0.3) is 0 Å². The first-order valence-corrected chi connectivity index (χ1v) is 7.80. The van der Waals surface area contributed by atoms with Crippen LogP contribution in [0, 0.1) is 0 Å². The van der Waals surface area contributed by atoms with Crippen molar-refractivity contribution in [3.8, 4) is 0 Å². The van der Waals surface area contributed by atoms with Crippen molar-refractivity contribution in [2.24, 2.45) is 7.05 Å². The number of fused-ring (bicyclic) bond motifs is 1. The second-order valence-corrected chi connectivity index (χ2v) is 5.80. The monoisotopic (exact) mass is 343 g/mol. The molecule has 0 unspecified atom stereocenters. The van der Waals surface area contributed by atoms with Crippen LogP contribution < -0.4 is 5.32 Å². The Morgan fingerprint density at radius 1 is 1.14 bits per heavy atom. The molecule has 1 aromatic heterocycles. The molecule has 1 fully saturated rings. The van der Waals surface area contributed by atoms with Crippen LogP contribution in [0.25, 0.3) is 10.9 Å². The Labute approximate surface area is 145 Å². The van der Waals surface area contributed by atoms with Gasteiger partial charge in [0.05, 0.1) is 0 Å². The lowest BCUT2D eigenvalue weighted by atomic mass is 9.99. The molecule has 1 aliphatic rings. The van der Waals surface area contributed by atoms with Crippen molar-refractivity contribution in [3.05, 3.63) is 36.0 Å². The lowest BCUT2D eigenvalue weighted by molar-refractivity contribution is 0.165. The van der Waals surface area contributed by atoms with E-state index in [9.17, 15) is 0 Å². The number of benzene rings is 1. The third kappa shape index (κ3) is 3.77. The molecular weight excluding hydrogens is 317 g/mol. The zero-order valence-electron chi connectivity index (χ0n) is 13.4. The van der Waals surface area contributed by atoms with Gasteiger partial charge in [0.2, 0.25) is 0 Å². The molecule has 0 radical (unpaired) electrons. The van der Waals surface area contributed by atoms with Crippen LogP contribution >= 0.6 is 24.8 Å². The molecule has 5 heteroatoms. The van der Waals surface area contributed by atoms with E-state index in [2.05, 4.69) is 59.2 Å². The number of halogens is 2. The van der Waals surface area contributed by atoms with Crippen molar-refractivity contribution in [3.63, 3.8) is 0 Å². The van der Waals surface area contributed by atoms with E-state index in [1.165, 1.54) is 29.3 Å². The summed E-state index contributed by atoms with van der Waals surface area (Å²) in [4.78, 5) is 2.65. The summed E-state index contributed by atoms with van der Waals surface area (Å²) >= 11 is 0. The van der Waals surface area contributed by atoms with Gasteiger partial charge in [-0.1, -0.05) is 31.5 Å². The van der Waals surface area contributed by atoms with Crippen LogP contribution in [0.4, 0.5) is 0 Å². The maximum absolute atomic E-state index is 3.46. The number of rotatable bonds is 4.